The number of hydrogen-bond acceptors (Lipinski definition) is 3. The first-order valence-electron chi connectivity index (χ1n) is 8.95. The third-order valence-corrected chi connectivity index (χ3v) is 4.59. The molecule has 2 aromatic carbocycles. The summed E-state index contributed by atoms with van der Waals surface area (Å²) in [6.45, 7) is 6.66. The predicted octanol–water partition coefficient (Wildman–Crippen LogP) is 3.08. The number of para-hydroxylation sites is 1. The number of amides is 2. The van der Waals surface area contributed by atoms with Crippen molar-refractivity contribution in [3.63, 3.8) is 0 Å². The molecule has 2 N–H and O–H groups in total. The zero-order valence-electron chi connectivity index (χ0n) is 15.0. The van der Waals surface area contributed by atoms with E-state index in [1.54, 1.807) is 6.07 Å². The van der Waals surface area contributed by atoms with E-state index in [1.165, 1.54) is 6.07 Å². The molecule has 1 fully saturated rings. The van der Waals surface area contributed by atoms with Crippen molar-refractivity contribution in [2.75, 3.05) is 49.5 Å². The number of benzene rings is 2. The minimum absolute atomic E-state index is 0.171. The molecule has 26 heavy (non-hydrogen) atoms. The number of rotatable bonds is 5. The highest BCUT2D eigenvalue weighted by atomic mass is 19.1. The van der Waals surface area contributed by atoms with Gasteiger partial charge in [-0.15, -0.1) is 0 Å². The van der Waals surface area contributed by atoms with E-state index in [1.807, 2.05) is 43.3 Å². The van der Waals surface area contributed by atoms with Crippen LogP contribution >= 0.6 is 0 Å². The molecule has 3 rings (SSSR count). The van der Waals surface area contributed by atoms with Crippen LogP contribution in [0, 0.1) is 12.7 Å². The second-order valence-corrected chi connectivity index (χ2v) is 6.53. The third-order valence-electron chi connectivity index (χ3n) is 4.59. The number of urea groups is 1. The fourth-order valence-electron chi connectivity index (χ4n) is 3.06. The van der Waals surface area contributed by atoms with Gasteiger partial charge in [-0.2, -0.15) is 0 Å². The van der Waals surface area contributed by atoms with Gasteiger partial charge < -0.3 is 15.5 Å². The van der Waals surface area contributed by atoms with Gasteiger partial charge in [-0.05, 0) is 31.2 Å². The van der Waals surface area contributed by atoms with Crippen LogP contribution in [0.1, 0.15) is 5.56 Å². The molecule has 1 aliphatic rings. The number of anilines is 2. The number of nitrogens with one attached hydrogen (secondary N) is 2. The van der Waals surface area contributed by atoms with Crippen LogP contribution in [-0.4, -0.2) is 50.2 Å². The average Bonchev–Trinajstić information content (AvgIpc) is 2.65. The number of halogens is 1. The number of hydrogen-bond donors (Lipinski definition) is 2. The van der Waals surface area contributed by atoms with Crippen LogP contribution in [0.25, 0.3) is 0 Å². The molecule has 1 heterocycles. The van der Waals surface area contributed by atoms with E-state index >= 15 is 0 Å². The summed E-state index contributed by atoms with van der Waals surface area (Å²) < 4.78 is 13.9. The molecule has 2 aromatic rings. The maximum Gasteiger partial charge on any atom is 0.319 e. The van der Waals surface area contributed by atoms with Crippen LogP contribution in [0.4, 0.5) is 20.6 Å². The first kappa shape index (κ1) is 18.2. The van der Waals surface area contributed by atoms with Gasteiger partial charge >= 0.3 is 6.03 Å². The summed E-state index contributed by atoms with van der Waals surface area (Å²) in [7, 11) is 0. The van der Waals surface area contributed by atoms with E-state index in [2.05, 4.69) is 20.4 Å². The maximum absolute atomic E-state index is 13.9. The van der Waals surface area contributed by atoms with E-state index in [0.29, 0.717) is 12.2 Å². The summed E-state index contributed by atoms with van der Waals surface area (Å²) in [5.41, 5.74) is 2.61. The monoisotopic (exact) mass is 356 g/mol. The first-order chi connectivity index (χ1) is 12.6. The Kier molecular flexibility index (Phi) is 6.07. The Morgan fingerprint density at radius 2 is 1.73 bits per heavy atom. The standard InChI is InChI=1S/C20H25FN4O/c1-16-6-8-17(9-7-16)23-20(26)22-10-11-24-12-14-25(15-13-24)19-5-3-2-4-18(19)21/h2-9H,10-15H2,1H3,(H2,22,23,26). The Morgan fingerprint density at radius 1 is 1.04 bits per heavy atom. The summed E-state index contributed by atoms with van der Waals surface area (Å²) in [6.07, 6.45) is 0. The molecule has 0 bridgehead atoms. The van der Waals surface area contributed by atoms with Crippen LogP contribution in [-0.2, 0) is 0 Å². The van der Waals surface area contributed by atoms with Crippen molar-refractivity contribution < 1.29 is 9.18 Å². The van der Waals surface area contributed by atoms with Crippen molar-refractivity contribution in [1.29, 1.82) is 0 Å². The summed E-state index contributed by atoms with van der Waals surface area (Å²) in [5.74, 6) is -0.171. The second kappa shape index (κ2) is 8.67. The van der Waals surface area contributed by atoms with E-state index in [4.69, 9.17) is 0 Å². The zero-order valence-corrected chi connectivity index (χ0v) is 15.0. The first-order valence-corrected chi connectivity index (χ1v) is 8.95. The van der Waals surface area contributed by atoms with E-state index in [0.717, 1.165) is 44.0 Å². The van der Waals surface area contributed by atoms with E-state index in [-0.39, 0.29) is 11.8 Å². The quantitative estimate of drug-likeness (QED) is 0.866. The molecule has 0 aliphatic carbocycles. The van der Waals surface area contributed by atoms with Gasteiger partial charge in [0.1, 0.15) is 5.82 Å². The number of aryl methyl sites for hydroxylation is 1. The van der Waals surface area contributed by atoms with Crippen molar-refractivity contribution in [3.8, 4) is 0 Å². The molecule has 0 saturated carbocycles. The smallest absolute Gasteiger partial charge is 0.319 e. The van der Waals surface area contributed by atoms with Gasteiger partial charge in [-0.1, -0.05) is 29.8 Å². The average molecular weight is 356 g/mol. The number of carbonyl (C=O) groups is 1. The minimum Gasteiger partial charge on any atom is -0.367 e. The Balaban J connectivity index is 1.37. The second-order valence-electron chi connectivity index (χ2n) is 6.53. The Morgan fingerprint density at radius 3 is 2.42 bits per heavy atom. The van der Waals surface area contributed by atoms with Crippen LogP contribution in [0.2, 0.25) is 0 Å². The maximum atomic E-state index is 13.9. The van der Waals surface area contributed by atoms with Gasteiger partial charge in [0.2, 0.25) is 0 Å². The van der Waals surface area contributed by atoms with Crippen molar-refractivity contribution in [2.24, 2.45) is 0 Å². The zero-order chi connectivity index (χ0) is 18.4. The van der Waals surface area contributed by atoms with Gasteiger partial charge in [0.05, 0.1) is 5.69 Å². The lowest BCUT2D eigenvalue weighted by Gasteiger charge is -2.36. The molecule has 0 atom stereocenters. The molecule has 0 unspecified atom stereocenters. The number of carbonyl (C=O) groups excluding carboxylic acids is 1. The number of nitrogens with zero attached hydrogens (tertiary/aromatic N) is 2. The van der Waals surface area contributed by atoms with Gasteiger partial charge in [-0.3, -0.25) is 4.90 Å². The largest absolute Gasteiger partial charge is 0.367 e. The highest BCUT2D eigenvalue weighted by Gasteiger charge is 2.18. The molecule has 0 spiro atoms. The highest BCUT2D eigenvalue weighted by Crippen LogP contribution is 2.19. The highest BCUT2D eigenvalue weighted by molar-refractivity contribution is 5.89. The van der Waals surface area contributed by atoms with Gasteiger partial charge in [0.15, 0.2) is 0 Å². The van der Waals surface area contributed by atoms with E-state index < -0.39 is 0 Å². The van der Waals surface area contributed by atoms with E-state index in [9.17, 15) is 9.18 Å². The summed E-state index contributed by atoms with van der Waals surface area (Å²) in [6, 6.07) is 14.4. The Hall–Kier alpha value is -2.60. The van der Waals surface area contributed by atoms with Crippen LogP contribution < -0.4 is 15.5 Å². The minimum atomic E-state index is -0.196. The molecule has 0 radical (unpaired) electrons. The summed E-state index contributed by atoms with van der Waals surface area (Å²) in [4.78, 5) is 16.3. The molecule has 1 aliphatic heterocycles. The summed E-state index contributed by atoms with van der Waals surface area (Å²) in [5, 5.41) is 5.70. The molecule has 2 amide bonds. The fourth-order valence-corrected chi connectivity index (χ4v) is 3.06. The number of piperazine rings is 1. The molecule has 0 aromatic heterocycles. The van der Waals surface area contributed by atoms with Crippen LogP contribution in [0.15, 0.2) is 48.5 Å². The van der Waals surface area contributed by atoms with Gasteiger partial charge in [-0.25, -0.2) is 9.18 Å². The summed E-state index contributed by atoms with van der Waals surface area (Å²) >= 11 is 0. The third kappa shape index (κ3) is 4.95. The molecular formula is C20H25FN4O. The Labute approximate surface area is 153 Å². The van der Waals surface area contributed by atoms with Crippen molar-refractivity contribution in [1.82, 2.24) is 10.2 Å². The predicted molar refractivity (Wildman–Crippen MR) is 103 cm³/mol. The normalized spacial score (nSPS) is 14.9. The molecule has 1 saturated heterocycles. The topological polar surface area (TPSA) is 47.6 Å². The van der Waals surface area contributed by atoms with Crippen molar-refractivity contribution in [3.05, 3.63) is 59.9 Å². The molecule has 6 heteroatoms. The van der Waals surface area contributed by atoms with Crippen molar-refractivity contribution >= 4 is 17.4 Å². The lowest BCUT2D eigenvalue weighted by atomic mass is 10.2. The molecular weight excluding hydrogens is 331 g/mol. The lowest BCUT2D eigenvalue weighted by molar-refractivity contribution is 0.240. The van der Waals surface area contributed by atoms with Crippen LogP contribution in [0.5, 0.6) is 0 Å². The SMILES string of the molecule is Cc1ccc(NC(=O)NCCN2CCN(c3ccccc3F)CC2)cc1. The van der Waals surface area contributed by atoms with Crippen LogP contribution in [0.3, 0.4) is 0 Å². The van der Waals surface area contributed by atoms with Crippen molar-refractivity contribution in [2.45, 2.75) is 6.92 Å². The fraction of sp³-hybridized carbons (Fsp3) is 0.350. The Bertz CT molecular complexity index is 727. The lowest BCUT2D eigenvalue weighted by Crippen LogP contribution is -2.49. The molecule has 5 nitrogen and oxygen atoms in total. The van der Waals surface area contributed by atoms with Gasteiger partial charge in [0, 0.05) is 45.0 Å². The molecule has 138 valence electrons. The van der Waals surface area contributed by atoms with Gasteiger partial charge in [0.25, 0.3) is 0 Å².